The van der Waals surface area contributed by atoms with E-state index >= 15 is 0 Å². The van der Waals surface area contributed by atoms with Gasteiger partial charge in [0.1, 0.15) is 11.7 Å². The molecule has 0 aliphatic carbocycles. The fourth-order valence-electron chi connectivity index (χ4n) is 1.48. The van der Waals surface area contributed by atoms with Gasteiger partial charge in [0.05, 0.1) is 19.3 Å². The summed E-state index contributed by atoms with van der Waals surface area (Å²) in [5, 5.41) is 40.1. The Hall–Kier alpha value is -0.890. The van der Waals surface area contributed by atoms with E-state index in [9.17, 15) is 15.3 Å². The topological polar surface area (TPSA) is 139 Å². The van der Waals surface area contributed by atoms with Crippen molar-refractivity contribution in [1.29, 1.82) is 0 Å². The largest absolute Gasteiger partial charge is 0.393 e. The van der Waals surface area contributed by atoms with Gasteiger partial charge in [-0.1, -0.05) is 5.11 Å². The SMILES string of the molecule is [N-]=[N+]=NCC1(CO)CC(O)C(O)C(O)O1. The Bertz CT molecular complexity index is 255. The number of aliphatic hydroxyl groups is 4. The molecule has 1 aliphatic heterocycles. The number of rotatable bonds is 3. The minimum atomic E-state index is -1.60. The molecule has 4 atom stereocenters. The molecule has 1 aliphatic rings. The van der Waals surface area contributed by atoms with Gasteiger partial charge >= 0.3 is 0 Å². The Morgan fingerprint density at radius 2 is 2.13 bits per heavy atom. The maximum atomic E-state index is 9.38. The zero-order valence-electron chi connectivity index (χ0n) is 7.89. The van der Waals surface area contributed by atoms with Crippen LogP contribution >= 0.6 is 0 Å². The molecule has 1 rings (SSSR count). The minimum Gasteiger partial charge on any atom is -0.393 e. The van der Waals surface area contributed by atoms with E-state index < -0.39 is 30.7 Å². The van der Waals surface area contributed by atoms with Crippen molar-refractivity contribution in [2.75, 3.05) is 13.2 Å². The quantitative estimate of drug-likeness (QED) is 0.259. The lowest BCUT2D eigenvalue weighted by Gasteiger charge is -2.42. The molecule has 1 fully saturated rings. The standard InChI is InChI=1S/C7H13N3O5/c8-10-9-2-7(3-11)1-4(12)5(13)6(14)15-7/h4-6,11-14H,1-3H2. The second kappa shape index (κ2) is 4.75. The summed E-state index contributed by atoms with van der Waals surface area (Å²) in [6.45, 7) is -0.742. The highest BCUT2D eigenvalue weighted by Gasteiger charge is 2.45. The van der Waals surface area contributed by atoms with Crippen molar-refractivity contribution in [1.82, 2.24) is 0 Å². The molecule has 1 heterocycles. The van der Waals surface area contributed by atoms with Crippen LogP contribution in [0.15, 0.2) is 5.11 Å². The van der Waals surface area contributed by atoms with Gasteiger partial charge in [0.15, 0.2) is 6.29 Å². The van der Waals surface area contributed by atoms with Crippen LogP contribution in [0.2, 0.25) is 0 Å². The van der Waals surface area contributed by atoms with Gasteiger partial charge in [0.2, 0.25) is 0 Å². The number of nitrogens with zero attached hydrogens (tertiary/aromatic N) is 3. The molecule has 8 nitrogen and oxygen atoms in total. The van der Waals surface area contributed by atoms with Gasteiger partial charge in [0, 0.05) is 11.3 Å². The second-order valence-electron chi connectivity index (χ2n) is 3.50. The van der Waals surface area contributed by atoms with Crippen LogP contribution in [-0.4, -0.2) is 57.7 Å². The first-order chi connectivity index (χ1) is 7.04. The molecule has 0 aromatic rings. The van der Waals surface area contributed by atoms with Gasteiger partial charge in [-0.3, -0.25) is 0 Å². The van der Waals surface area contributed by atoms with Crippen molar-refractivity contribution in [3.8, 4) is 0 Å². The van der Waals surface area contributed by atoms with Gasteiger partial charge in [-0.15, -0.1) is 0 Å². The molecule has 0 aromatic heterocycles. The zero-order chi connectivity index (χ0) is 11.5. The molecule has 15 heavy (non-hydrogen) atoms. The van der Waals surface area contributed by atoms with E-state index in [1.54, 1.807) is 0 Å². The van der Waals surface area contributed by atoms with Crippen LogP contribution in [0.5, 0.6) is 0 Å². The maximum absolute atomic E-state index is 9.38. The Morgan fingerprint density at radius 1 is 1.47 bits per heavy atom. The Kier molecular flexibility index (Phi) is 3.86. The summed E-state index contributed by atoms with van der Waals surface area (Å²) in [6.07, 6.45) is -4.36. The van der Waals surface area contributed by atoms with Crippen LogP contribution in [0, 0.1) is 0 Å². The van der Waals surface area contributed by atoms with Crippen LogP contribution in [0.4, 0.5) is 0 Å². The van der Waals surface area contributed by atoms with E-state index in [0.717, 1.165) is 0 Å². The normalized spacial score (nSPS) is 40.9. The highest BCUT2D eigenvalue weighted by atomic mass is 16.6. The van der Waals surface area contributed by atoms with Crippen molar-refractivity contribution in [2.45, 2.75) is 30.5 Å². The van der Waals surface area contributed by atoms with E-state index in [-0.39, 0.29) is 13.0 Å². The minimum absolute atomic E-state index is 0.110. The van der Waals surface area contributed by atoms with Gasteiger partial charge in [-0.2, -0.15) is 0 Å². The van der Waals surface area contributed by atoms with E-state index in [4.69, 9.17) is 15.4 Å². The van der Waals surface area contributed by atoms with Crippen LogP contribution in [-0.2, 0) is 4.74 Å². The number of hydrogen-bond donors (Lipinski definition) is 4. The molecule has 0 spiro atoms. The first-order valence-electron chi connectivity index (χ1n) is 4.38. The number of azide groups is 1. The summed E-state index contributed by atoms with van der Waals surface area (Å²) in [7, 11) is 0. The fraction of sp³-hybridized carbons (Fsp3) is 1.00. The Balaban J connectivity index is 2.77. The smallest absolute Gasteiger partial charge is 0.184 e. The monoisotopic (exact) mass is 219 g/mol. The molecule has 86 valence electrons. The lowest BCUT2D eigenvalue weighted by molar-refractivity contribution is -0.287. The number of ether oxygens (including phenoxy) is 1. The van der Waals surface area contributed by atoms with E-state index in [1.165, 1.54) is 0 Å². The second-order valence-corrected chi connectivity index (χ2v) is 3.50. The third kappa shape index (κ3) is 2.57. The number of aliphatic hydroxyl groups excluding tert-OH is 4. The van der Waals surface area contributed by atoms with Crippen LogP contribution in [0.3, 0.4) is 0 Å². The van der Waals surface area contributed by atoms with Gasteiger partial charge in [-0.25, -0.2) is 0 Å². The molecular formula is C7H13N3O5. The molecule has 8 heteroatoms. The predicted octanol–water partition coefficient (Wildman–Crippen LogP) is -1.51. The lowest BCUT2D eigenvalue weighted by Crippen LogP contribution is -2.57. The highest BCUT2D eigenvalue weighted by Crippen LogP contribution is 2.28. The van der Waals surface area contributed by atoms with E-state index in [1.807, 2.05) is 0 Å². The van der Waals surface area contributed by atoms with Crippen molar-refractivity contribution < 1.29 is 25.2 Å². The first-order valence-corrected chi connectivity index (χ1v) is 4.38. The molecule has 0 aromatic carbocycles. The average molecular weight is 219 g/mol. The highest BCUT2D eigenvalue weighted by molar-refractivity contribution is 4.93. The Morgan fingerprint density at radius 3 is 2.60 bits per heavy atom. The van der Waals surface area contributed by atoms with Gasteiger partial charge in [0.25, 0.3) is 0 Å². The van der Waals surface area contributed by atoms with Crippen molar-refractivity contribution >= 4 is 0 Å². The van der Waals surface area contributed by atoms with E-state index in [0.29, 0.717) is 0 Å². The number of hydrogen-bond acceptors (Lipinski definition) is 6. The summed E-state index contributed by atoms with van der Waals surface area (Å²) in [6, 6.07) is 0. The van der Waals surface area contributed by atoms with Crippen molar-refractivity contribution in [3.05, 3.63) is 10.4 Å². The summed E-state index contributed by atoms with van der Waals surface area (Å²) in [5.41, 5.74) is 6.81. The third-order valence-corrected chi connectivity index (χ3v) is 2.35. The zero-order valence-corrected chi connectivity index (χ0v) is 7.89. The molecule has 0 amide bonds. The lowest BCUT2D eigenvalue weighted by atomic mass is 9.91. The summed E-state index contributed by atoms with van der Waals surface area (Å²) in [4.78, 5) is 2.50. The molecule has 4 N–H and O–H groups in total. The molecule has 0 bridgehead atoms. The van der Waals surface area contributed by atoms with Crippen LogP contribution in [0.1, 0.15) is 6.42 Å². The third-order valence-electron chi connectivity index (χ3n) is 2.35. The van der Waals surface area contributed by atoms with Gasteiger partial charge in [-0.05, 0) is 5.53 Å². The molecule has 0 saturated carbocycles. The van der Waals surface area contributed by atoms with Crippen LogP contribution < -0.4 is 0 Å². The molecule has 4 unspecified atom stereocenters. The molecule has 1 saturated heterocycles. The summed E-state index contributed by atoms with van der Waals surface area (Å²) >= 11 is 0. The van der Waals surface area contributed by atoms with Crippen molar-refractivity contribution in [2.24, 2.45) is 5.11 Å². The van der Waals surface area contributed by atoms with Crippen molar-refractivity contribution in [3.63, 3.8) is 0 Å². The Labute approximate surface area is 85.3 Å². The molecular weight excluding hydrogens is 206 g/mol. The van der Waals surface area contributed by atoms with E-state index in [2.05, 4.69) is 10.0 Å². The predicted molar refractivity (Wildman–Crippen MR) is 47.6 cm³/mol. The fourth-order valence-corrected chi connectivity index (χ4v) is 1.48. The summed E-state index contributed by atoms with van der Waals surface area (Å²) in [5.74, 6) is 0. The average Bonchev–Trinajstić information content (AvgIpc) is 2.23. The summed E-state index contributed by atoms with van der Waals surface area (Å²) < 4.78 is 4.94. The maximum Gasteiger partial charge on any atom is 0.184 e. The van der Waals surface area contributed by atoms with Gasteiger partial charge < -0.3 is 25.2 Å². The molecule has 0 radical (unpaired) electrons. The van der Waals surface area contributed by atoms with Crippen LogP contribution in [0.25, 0.3) is 10.4 Å². The first kappa shape index (κ1) is 12.2.